The number of aryl methyl sites for hydroxylation is 1. The van der Waals surface area contributed by atoms with Crippen molar-refractivity contribution in [1.82, 2.24) is 0 Å². The lowest BCUT2D eigenvalue weighted by Gasteiger charge is -2.14. The molecule has 0 heterocycles. The van der Waals surface area contributed by atoms with Crippen LogP contribution >= 0.6 is 12.6 Å². The lowest BCUT2D eigenvalue weighted by molar-refractivity contribution is -0.385. The first-order valence-corrected chi connectivity index (χ1v) is 6.70. The molecule has 5 heteroatoms. The summed E-state index contributed by atoms with van der Waals surface area (Å²) in [5.74, 6) is 1.40. The fraction of sp³-hybridized carbons (Fsp3) is 0.538. The molecule has 0 aliphatic heterocycles. The number of nitro groups is 1. The maximum atomic E-state index is 10.9. The molecule has 0 N–H and O–H groups in total. The molecule has 0 aromatic heterocycles. The molecule has 0 spiro atoms. The number of ether oxygens (including phenoxy) is 1. The van der Waals surface area contributed by atoms with Gasteiger partial charge in [0.2, 0.25) is 0 Å². The monoisotopic (exact) mass is 269 g/mol. The zero-order valence-corrected chi connectivity index (χ0v) is 11.7. The Hall–Kier alpha value is -1.23. The van der Waals surface area contributed by atoms with Gasteiger partial charge in [0.05, 0.1) is 11.5 Å². The molecule has 0 fully saturated rings. The van der Waals surface area contributed by atoms with Crippen LogP contribution in [0.2, 0.25) is 0 Å². The average molecular weight is 269 g/mol. The van der Waals surface area contributed by atoms with Gasteiger partial charge in [-0.15, -0.1) is 0 Å². The van der Waals surface area contributed by atoms with Crippen LogP contribution in [-0.4, -0.2) is 17.3 Å². The second-order valence-electron chi connectivity index (χ2n) is 4.38. The van der Waals surface area contributed by atoms with Crippen LogP contribution < -0.4 is 4.74 Å². The van der Waals surface area contributed by atoms with E-state index in [4.69, 9.17) is 4.74 Å². The highest BCUT2D eigenvalue weighted by Gasteiger charge is 2.16. The fourth-order valence-electron chi connectivity index (χ4n) is 1.74. The van der Waals surface area contributed by atoms with E-state index >= 15 is 0 Å². The lowest BCUT2D eigenvalue weighted by atomic mass is 10.1. The number of hydrogen-bond donors (Lipinski definition) is 1. The van der Waals surface area contributed by atoms with E-state index in [1.807, 2.05) is 13.0 Å². The minimum atomic E-state index is -0.405. The SMILES string of the molecule is CCCC(CS)COc1ccc(C)cc1[N+](=O)[O-]. The Morgan fingerprint density at radius 3 is 2.78 bits per heavy atom. The maximum absolute atomic E-state index is 10.9. The summed E-state index contributed by atoms with van der Waals surface area (Å²) < 4.78 is 5.57. The van der Waals surface area contributed by atoms with Crippen LogP contribution in [0.1, 0.15) is 25.3 Å². The van der Waals surface area contributed by atoms with E-state index in [0.717, 1.165) is 24.2 Å². The highest BCUT2D eigenvalue weighted by molar-refractivity contribution is 7.80. The summed E-state index contributed by atoms with van der Waals surface area (Å²) in [4.78, 5) is 10.5. The summed E-state index contributed by atoms with van der Waals surface area (Å²) in [7, 11) is 0. The van der Waals surface area contributed by atoms with Crippen molar-refractivity contribution in [3.63, 3.8) is 0 Å². The van der Waals surface area contributed by atoms with E-state index in [9.17, 15) is 10.1 Å². The molecule has 0 aliphatic carbocycles. The van der Waals surface area contributed by atoms with Gasteiger partial charge in [-0.3, -0.25) is 10.1 Å². The van der Waals surface area contributed by atoms with Gasteiger partial charge in [0.15, 0.2) is 5.75 Å². The lowest BCUT2D eigenvalue weighted by Crippen LogP contribution is -2.14. The third-order valence-corrected chi connectivity index (χ3v) is 3.26. The van der Waals surface area contributed by atoms with Crippen molar-refractivity contribution in [3.8, 4) is 5.75 Å². The zero-order valence-electron chi connectivity index (χ0n) is 10.8. The van der Waals surface area contributed by atoms with Crippen LogP contribution in [0.15, 0.2) is 18.2 Å². The molecule has 0 saturated heterocycles. The van der Waals surface area contributed by atoms with E-state index in [1.54, 1.807) is 6.07 Å². The third kappa shape index (κ3) is 4.22. The van der Waals surface area contributed by atoms with E-state index in [-0.39, 0.29) is 5.69 Å². The molecule has 1 aromatic carbocycles. The minimum absolute atomic E-state index is 0.0319. The molecule has 4 nitrogen and oxygen atoms in total. The quantitative estimate of drug-likeness (QED) is 0.467. The summed E-state index contributed by atoms with van der Waals surface area (Å²) >= 11 is 4.26. The van der Waals surface area contributed by atoms with Gasteiger partial charge in [0.1, 0.15) is 0 Å². The van der Waals surface area contributed by atoms with Gasteiger partial charge in [0.25, 0.3) is 0 Å². The molecule has 1 rings (SSSR count). The third-order valence-electron chi connectivity index (χ3n) is 2.74. The van der Waals surface area contributed by atoms with Gasteiger partial charge >= 0.3 is 5.69 Å². The Balaban J connectivity index is 2.74. The molecule has 0 amide bonds. The molecular weight excluding hydrogens is 250 g/mol. The predicted molar refractivity (Wildman–Crippen MR) is 75.6 cm³/mol. The van der Waals surface area contributed by atoms with E-state index < -0.39 is 4.92 Å². The Bertz CT molecular complexity index is 409. The van der Waals surface area contributed by atoms with Crippen molar-refractivity contribution in [2.75, 3.05) is 12.4 Å². The van der Waals surface area contributed by atoms with E-state index in [1.165, 1.54) is 6.07 Å². The number of rotatable bonds is 7. The Morgan fingerprint density at radius 2 is 2.22 bits per heavy atom. The Kier molecular flexibility index (Phi) is 5.98. The fourth-order valence-corrected chi connectivity index (χ4v) is 2.02. The normalized spacial score (nSPS) is 12.2. The molecular formula is C13H19NO3S. The molecule has 0 radical (unpaired) electrons. The topological polar surface area (TPSA) is 52.4 Å². The first-order chi connectivity index (χ1) is 8.58. The zero-order chi connectivity index (χ0) is 13.5. The predicted octanol–water partition coefficient (Wildman–Crippen LogP) is 3.63. The van der Waals surface area contributed by atoms with Gasteiger partial charge < -0.3 is 4.74 Å². The van der Waals surface area contributed by atoms with Gasteiger partial charge in [0, 0.05) is 12.0 Å². The van der Waals surface area contributed by atoms with Crippen LogP contribution in [-0.2, 0) is 0 Å². The number of benzene rings is 1. The van der Waals surface area contributed by atoms with Crippen molar-refractivity contribution in [1.29, 1.82) is 0 Å². The molecule has 1 aromatic rings. The molecule has 18 heavy (non-hydrogen) atoms. The first kappa shape index (κ1) is 14.8. The van der Waals surface area contributed by atoms with Crippen molar-refractivity contribution in [2.45, 2.75) is 26.7 Å². The number of nitro benzene ring substituents is 1. The molecule has 1 unspecified atom stereocenters. The minimum Gasteiger partial charge on any atom is -0.486 e. The number of hydrogen-bond acceptors (Lipinski definition) is 4. The van der Waals surface area contributed by atoms with Gasteiger partial charge in [-0.25, -0.2) is 0 Å². The van der Waals surface area contributed by atoms with Gasteiger partial charge in [-0.05, 0) is 30.7 Å². The largest absolute Gasteiger partial charge is 0.486 e. The second-order valence-corrected chi connectivity index (χ2v) is 4.74. The standard InChI is InChI=1S/C13H19NO3S/c1-3-4-11(9-18)8-17-13-6-5-10(2)7-12(13)14(15)16/h5-7,11,18H,3-4,8-9H2,1-2H3. The van der Waals surface area contributed by atoms with Crippen molar-refractivity contribution in [2.24, 2.45) is 5.92 Å². The summed E-state index contributed by atoms with van der Waals surface area (Å²) in [6, 6.07) is 5.01. The number of nitrogens with zero attached hydrogens (tertiary/aromatic N) is 1. The van der Waals surface area contributed by atoms with Gasteiger partial charge in [-0.1, -0.05) is 19.4 Å². The van der Waals surface area contributed by atoms with Crippen LogP contribution in [0, 0.1) is 23.0 Å². The molecule has 0 bridgehead atoms. The molecule has 100 valence electrons. The summed E-state index contributed by atoms with van der Waals surface area (Å²) in [6.45, 7) is 4.40. The number of thiol groups is 1. The van der Waals surface area contributed by atoms with Crippen molar-refractivity contribution in [3.05, 3.63) is 33.9 Å². The molecule has 1 atom stereocenters. The highest BCUT2D eigenvalue weighted by Crippen LogP contribution is 2.28. The Morgan fingerprint density at radius 1 is 1.50 bits per heavy atom. The smallest absolute Gasteiger partial charge is 0.311 e. The average Bonchev–Trinajstić information content (AvgIpc) is 2.35. The molecule has 0 aliphatic rings. The van der Waals surface area contributed by atoms with Gasteiger partial charge in [-0.2, -0.15) is 12.6 Å². The summed E-state index contributed by atoms with van der Waals surface area (Å²) in [5.41, 5.74) is 0.887. The summed E-state index contributed by atoms with van der Waals surface area (Å²) in [5, 5.41) is 10.9. The highest BCUT2D eigenvalue weighted by atomic mass is 32.1. The van der Waals surface area contributed by atoms with Crippen molar-refractivity contribution >= 4 is 18.3 Å². The molecule has 0 saturated carbocycles. The van der Waals surface area contributed by atoms with Crippen LogP contribution in [0.25, 0.3) is 0 Å². The summed E-state index contributed by atoms with van der Waals surface area (Å²) in [6.07, 6.45) is 2.08. The maximum Gasteiger partial charge on any atom is 0.311 e. The Labute approximate surface area is 113 Å². The van der Waals surface area contributed by atoms with E-state index in [2.05, 4.69) is 19.6 Å². The van der Waals surface area contributed by atoms with Crippen LogP contribution in [0.4, 0.5) is 5.69 Å². The van der Waals surface area contributed by atoms with Crippen molar-refractivity contribution < 1.29 is 9.66 Å². The first-order valence-electron chi connectivity index (χ1n) is 6.07. The second kappa shape index (κ2) is 7.26. The van der Waals surface area contributed by atoms with Crippen LogP contribution in [0.3, 0.4) is 0 Å². The van der Waals surface area contributed by atoms with E-state index in [0.29, 0.717) is 18.3 Å². The van der Waals surface area contributed by atoms with Crippen LogP contribution in [0.5, 0.6) is 5.75 Å².